The minimum absolute atomic E-state index is 0.0669. The lowest BCUT2D eigenvalue weighted by Gasteiger charge is -2.42. The van der Waals surface area contributed by atoms with Crippen molar-refractivity contribution in [2.75, 3.05) is 0 Å². The van der Waals surface area contributed by atoms with Gasteiger partial charge in [-0.05, 0) is 17.5 Å². The lowest BCUT2D eigenvalue weighted by Crippen LogP contribution is -2.74. The highest BCUT2D eigenvalue weighted by Crippen LogP contribution is 2.64. The van der Waals surface area contributed by atoms with Gasteiger partial charge in [0.05, 0.1) is 6.42 Å². The van der Waals surface area contributed by atoms with Gasteiger partial charge < -0.3 is 20.9 Å². The van der Waals surface area contributed by atoms with Crippen LogP contribution in [0.5, 0.6) is 0 Å². The van der Waals surface area contributed by atoms with E-state index in [2.05, 4.69) is 4.74 Å². The number of carboxylic acids is 1. The molecule has 1 atom stereocenters. The number of halogens is 17. The number of rotatable bonds is 15. The Morgan fingerprint density at radius 1 is 0.674 bits per heavy atom. The number of carbonyl (C=O) groups excluding carboxylic acids is 2. The number of amides is 2. The molecule has 0 fully saturated rings. The lowest BCUT2D eigenvalue weighted by atomic mass is 9.87. The molecule has 0 aromatic heterocycles. The molecule has 0 saturated carbocycles. The molecule has 1 rings (SSSR count). The van der Waals surface area contributed by atoms with Gasteiger partial charge in [0.15, 0.2) is 0 Å². The van der Waals surface area contributed by atoms with Crippen LogP contribution in [-0.2, 0) is 27.4 Å². The van der Waals surface area contributed by atoms with E-state index in [1.807, 2.05) is 0 Å². The zero-order valence-corrected chi connectivity index (χ0v) is 21.8. The van der Waals surface area contributed by atoms with Crippen LogP contribution in [0.2, 0.25) is 0 Å². The predicted molar refractivity (Wildman–Crippen MR) is 114 cm³/mol. The number of carboxylic acid groups (broad SMARTS) is 1. The van der Waals surface area contributed by atoms with E-state index >= 15 is 0 Å². The van der Waals surface area contributed by atoms with Gasteiger partial charge in [-0.25, -0.2) is 9.59 Å². The van der Waals surface area contributed by atoms with Crippen molar-refractivity contribution in [3.05, 3.63) is 35.4 Å². The third-order valence-electron chi connectivity index (χ3n) is 5.90. The highest BCUT2D eigenvalue weighted by Gasteiger charge is 2.95. The fourth-order valence-corrected chi connectivity index (χ4v) is 3.19. The first-order chi connectivity index (χ1) is 20.3. The number of aryl methyl sites for hydroxylation is 1. The SMILES string of the molecule is NC(=O)C[C@H](NC(=O)OCc1ccc(CCC(F)(F)C(F)(F)C(F)(F)C(F)(F)C(F)(F)C(F)(F)C(F)(F)C(F)(F)F)cc1)C(=O)O. The van der Waals surface area contributed by atoms with E-state index < -0.39 is 103 Å². The maximum Gasteiger partial charge on any atom is 0.460 e. The second-order valence-electron chi connectivity index (χ2n) is 9.25. The molecule has 4 N–H and O–H groups in total. The monoisotopic (exact) mass is 712 g/mol. The molecule has 46 heavy (non-hydrogen) atoms. The van der Waals surface area contributed by atoms with Gasteiger partial charge in [0.2, 0.25) is 5.91 Å². The molecule has 0 aliphatic carbocycles. The number of alkyl carbamates (subject to hydrolysis) is 1. The van der Waals surface area contributed by atoms with Crippen LogP contribution in [0.4, 0.5) is 79.4 Å². The van der Waals surface area contributed by atoms with Gasteiger partial charge in [-0.3, -0.25) is 4.79 Å². The Hall–Kier alpha value is -3.76. The highest BCUT2D eigenvalue weighted by molar-refractivity contribution is 5.86. The summed E-state index contributed by atoms with van der Waals surface area (Å²) in [6.07, 6.45) is -14.3. The third-order valence-corrected chi connectivity index (χ3v) is 5.90. The van der Waals surface area contributed by atoms with E-state index in [-0.39, 0.29) is 5.56 Å². The summed E-state index contributed by atoms with van der Waals surface area (Å²) in [6, 6.07) is 1.41. The predicted octanol–water partition coefficient (Wildman–Crippen LogP) is 6.18. The molecule has 0 bridgehead atoms. The van der Waals surface area contributed by atoms with Crippen molar-refractivity contribution >= 4 is 18.0 Å². The number of ether oxygens (including phenoxy) is 1. The quantitative estimate of drug-likeness (QED) is 0.188. The molecule has 0 saturated heterocycles. The second kappa shape index (κ2) is 12.8. The molecule has 264 valence electrons. The van der Waals surface area contributed by atoms with Gasteiger partial charge in [-0.15, -0.1) is 0 Å². The van der Waals surface area contributed by atoms with Crippen LogP contribution in [0.3, 0.4) is 0 Å². The van der Waals surface area contributed by atoms with Crippen molar-refractivity contribution in [2.45, 2.75) is 79.5 Å². The van der Waals surface area contributed by atoms with E-state index in [4.69, 9.17) is 10.8 Å². The number of primary amides is 1. The van der Waals surface area contributed by atoms with Crippen LogP contribution in [0.1, 0.15) is 24.0 Å². The Balaban J connectivity index is 3.11. The average molecular weight is 712 g/mol. The fourth-order valence-electron chi connectivity index (χ4n) is 3.19. The highest BCUT2D eigenvalue weighted by atomic mass is 19.4. The van der Waals surface area contributed by atoms with Crippen molar-refractivity contribution < 1.29 is 98.9 Å². The van der Waals surface area contributed by atoms with Gasteiger partial charge >= 0.3 is 59.7 Å². The average Bonchev–Trinajstić information content (AvgIpc) is 2.89. The molecule has 2 amide bonds. The Morgan fingerprint density at radius 2 is 1.07 bits per heavy atom. The summed E-state index contributed by atoms with van der Waals surface area (Å²) in [5, 5.41) is 10.6. The van der Waals surface area contributed by atoms with Crippen molar-refractivity contribution in [1.82, 2.24) is 5.32 Å². The number of aliphatic carboxylic acids is 1. The van der Waals surface area contributed by atoms with Crippen LogP contribution < -0.4 is 11.1 Å². The fraction of sp³-hybridized carbons (Fsp3) is 0.591. The van der Waals surface area contributed by atoms with Gasteiger partial charge in [0.1, 0.15) is 12.6 Å². The normalized spacial score (nSPS) is 14.9. The number of benzene rings is 1. The lowest BCUT2D eigenvalue weighted by molar-refractivity contribution is -0.461. The number of hydrogen-bond acceptors (Lipinski definition) is 4. The molecular weight excluding hydrogens is 695 g/mol. The summed E-state index contributed by atoms with van der Waals surface area (Å²) < 4.78 is 232. The van der Waals surface area contributed by atoms with Crippen molar-refractivity contribution in [2.24, 2.45) is 5.73 Å². The van der Waals surface area contributed by atoms with Crippen LogP contribution in [0, 0.1) is 0 Å². The molecule has 0 aliphatic rings. The smallest absolute Gasteiger partial charge is 0.460 e. The van der Waals surface area contributed by atoms with E-state index in [0.717, 1.165) is 24.3 Å². The first kappa shape index (κ1) is 40.3. The maximum absolute atomic E-state index is 14.1. The Morgan fingerprint density at radius 3 is 1.46 bits per heavy atom. The van der Waals surface area contributed by atoms with Gasteiger partial charge in [-0.2, -0.15) is 74.6 Å². The topological polar surface area (TPSA) is 119 Å². The molecule has 0 unspecified atom stereocenters. The number of alkyl halides is 17. The standard InChI is InChI=1S/C22H17F17N2O5/c23-15(24,6-5-9-1-3-10(4-2-9)8-46-14(45)41-11(13(43)44)7-12(40)42)16(25,26)17(27,28)18(29,30)19(31,32)20(33,34)21(35,36)22(37,38)39/h1-4,11H,5-8H2,(H2,40,42)(H,41,45)(H,43,44)/t11-/m0/s1. The number of carbonyl (C=O) groups is 3. The van der Waals surface area contributed by atoms with Crippen molar-refractivity contribution in [1.29, 1.82) is 0 Å². The van der Waals surface area contributed by atoms with Crippen molar-refractivity contribution in [3.8, 4) is 0 Å². The summed E-state index contributed by atoms with van der Waals surface area (Å²) >= 11 is 0. The van der Waals surface area contributed by atoms with Gasteiger partial charge in [-0.1, -0.05) is 24.3 Å². The minimum atomic E-state index is -8.70. The molecular formula is C22H17F17N2O5. The van der Waals surface area contributed by atoms with Crippen LogP contribution in [0.25, 0.3) is 0 Å². The summed E-state index contributed by atoms with van der Waals surface area (Å²) in [4.78, 5) is 33.4. The zero-order valence-electron chi connectivity index (χ0n) is 21.8. The molecule has 0 spiro atoms. The van der Waals surface area contributed by atoms with Crippen LogP contribution >= 0.6 is 0 Å². The summed E-state index contributed by atoms with van der Waals surface area (Å²) in [7, 11) is 0. The van der Waals surface area contributed by atoms with E-state index in [9.17, 15) is 89.0 Å². The van der Waals surface area contributed by atoms with Crippen LogP contribution in [-0.4, -0.2) is 76.8 Å². The van der Waals surface area contributed by atoms with E-state index in [1.54, 1.807) is 5.32 Å². The summed E-state index contributed by atoms with van der Waals surface area (Å²) in [5.41, 5.74) is 4.19. The Labute approximate surface area is 243 Å². The number of nitrogens with one attached hydrogen (secondary N) is 1. The Bertz CT molecular complexity index is 1270. The number of nitrogens with two attached hydrogens (primary N) is 1. The molecule has 24 heteroatoms. The third kappa shape index (κ3) is 7.28. The Kier molecular flexibility index (Phi) is 11.2. The largest absolute Gasteiger partial charge is 0.480 e. The molecule has 0 radical (unpaired) electrons. The molecule has 7 nitrogen and oxygen atoms in total. The molecule has 0 aliphatic heterocycles. The molecule has 1 aromatic carbocycles. The summed E-state index contributed by atoms with van der Waals surface area (Å²) in [5.74, 6) is -59.7. The van der Waals surface area contributed by atoms with Gasteiger partial charge in [0.25, 0.3) is 0 Å². The zero-order chi connectivity index (χ0) is 36.5. The number of hydrogen-bond donors (Lipinski definition) is 3. The van der Waals surface area contributed by atoms with Crippen molar-refractivity contribution in [3.63, 3.8) is 0 Å². The van der Waals surface area contributed by atoms with Crippen LogP contribution in [0.15, 0.2) is 24.3 Å². The second-order valence-corrected chi connectivity index (χ2v) is 9.25. The first-order valence-electron chi connectivity index (χ1n) is 11.6. The minimum Gasteiger partial charge on any atom is -0.480 e. The van der Waals surface area contributed by atoms with E-state index in [1.165, 1.54) is 0 Å². The summed E-state index contributed by atoms with van der Waals surface area (Å²) in [6.45, 7) is -0.725. The van der Waals surface area contributed by atoms with E-state index in [0.29, 0.717) is 0 Å². The molecule has 0 heterocycles. The molecule has 1 aromatic rings. The maximum atomic E-state index is 14.1. The van der Waals surface area contributed by atoms with Gasteiger partial charge in [0, 0.05) is 6.42 Å². The first-order valence-corrected chi connectivity index (χ1v) is 11.6.